The lowest BCUT2D eigenvalue weighted by Gasteiger charge is -2.26. The highest BCUT2D eigenvalue weighted by Gasteiger charge is 2.40. The first-order chi connectivity index (χ1) is 9.98. The molecule has 2 rings (SSSR count). The van der Waals surface area contributed by atoms with Gasteiger partial charge >= 0.3 is 0 Å². The van der Waals surface area contributed by atoms with Gasteiger partial charge in [-0.2, -0.15) is 0 Å². The summed E-state index contributed by atoms with van der Waals surface area (Å²) in [5, 5.41) is 16.7. The van der Waals surface area contributed by atoms with Crippen LogP contribution in [0.4, 0.5) is 15.8 Å². The number of nitro groups is 1. The van der Waals surface area contributed by atoms with Crippen LogP contribution in [-0.4, -0.2) is 23.9 Å². The average molecular weight is 295 g/mol. The number of nitrogens with one attached hydrogen (secondary N) is 2. The number of nitro benzene ring substituents is 1. The zero-order valence-electron chi connectivity index (χ0n) is 11.8. The summed E-state index contributed by atoms with van der Waals surface area (Å²) in [6.07, 6.45) is 2.25. The fraction of sp³-hybridized carbons (Fsp3) is 0.500. The van der Waals surface area contributed by atoms with Crippen molar-refractivity contribution in [2.24, 2.45) is 5.41 Å². The van der Waals surface area contributed by atoms with Crippen molar-refractivity contribution in [3.63, 3.8) is 0 Å². The minimum atomic E-state index is -0.703. The number of benzene rings is 1. The van der Waals surface area contributed by atoms with E-state index < -0.39 is 21.8 Å². The number of hydrogen-bond acceptors (Lipinski definition) is 4. The van der Waals surface area contributed by atoms with Crippen molar-refractivity contribution in [2.45, 2.75) is 26.2 Å². The Morgan fingerprint density at radius 3 is 2.90 bits per heavy atom. The molecule has 0 spiro atoms. The van der Waals surface area contributed by atoms with Crippen LogP contribution in [0.5, 0.6) is 0 Å². The molecule has 0 bridgehead atoms. The third-order valence-corrected chi connectivity index (χ3v) is 3.86. The second-order valence-electron chi connectivity index (χ2n) is 5.33. The number of amides is 1. The van der Waals surface area contributed by atoms with Crippen LogP contribution in [0.3, 0.4) is 0 Å². The van der Waals surface area contributed by atoms with Gasteiger partial charge in [-0.1, -0.05) is 13.3 Å². The number of rotatable bonds is 5. The van der Waals surface area contributed by atoms with Gasteiger partial charge in [-0.05, 0) is 31.5 Å². The van der Waals surface area contributed by atoms with Gasteiger partial charge in [0.1, 0.15) is 11.5 Å². The van der Waals surface area contributed by atoms with E-state index in [2.05, 4.69) is 10.6 Å². The van der Waals surface area contributed by atoms with Crippen LogP contribution in [0.25, 0.3) is 0 Å². The van der Waals surface area contributed by atoms with Gasteiger partial charge in [0.25, 0.3) is 5.69 Å². The van der Waals surface area contributed by atoms with E-state index in [4.69, 9.17) is 0 Å². The largest absolute Gasteiger partial charge is 0.320 e. The smallest absolute Gasteiger partial charge is 0.295 e. The van der Waals surface area contributed by atoms with E-state index in [0.29, 0.717) is 19.4 Å². The molecule has 1 aliphatic rings. The van der Waals surface area contributed by atoms with E-state index in [1.54, 1.807) is 0 Å². The number of nitrogens with zero attached hydrogens (tertiary/aromatic N) is 1. The summed E-state index contributed by atoms with van der Waals surface area (Å²) in [6, 6.07) is 3.14. The van der Waals surface area contributed by atoms with Gasteiger partial charge in [0.15, 0.2) is 0 Å². The lowest BCUT2D eigenvalue weighted by molar-refractivity contribution is -0.384. The Hall–Kier alpha value is -2.02. The molecular formula is C14H18FN3O3. The first kappa shape index (κ1) is 15.4. The molecule has 0 radical (unpaired) electrons. The van der Waals surface area contributed by atoms with Gasteiger partial charge in [0, 0.05) is 6.54 Å². The van der Waals surface area contributed by atoms with Crippen molar-refractivity contribution in [3.05, 3.63) is 34.1 Å². The molecule has 21 heavy (non-hydrogen) atoms. The lowest BCUT2D eigenvalue weighted by Crippen LogP contribution is -2.38. The SMILES string of the molecule is CCCC1(C(=O)Nc2ccc(F)cc2[N+](=O)[O-])CCNC1. The Morgan fingerprint density at radius 2 is 2.33 bits per heavy atom. The second kappa shape index (κ2) is 6.17. The van der Waals surface area contributed by atoms with Crippen molar-refractivity contribution in [1.82, 2.24) is 5.32 Å². The quantitative estimate of drug-likeness (QED) is 0.645. The first-order valence-corrected chi connectivity index (χ1v) is 6.94. The molecule has 0 saturated carbocycles. The topological polar surface area (TPSA) is 84.3 Å². The number of halogens is 1. The Kier molecular flexibility index (Phi) is 4.52. The van der Waals surface area contributed by atoms with Gasteiger partial charge < -0.3 is 10.6 Å². The lowest BCUT2D eigenvalue weighted by atomic mass is 9.81. The summed E-state index contributed by atoms with van der Waals surface area (Å²) in [5.41, 5.74) is -0.938. The molecule has 2 N–H and O–H groups in total. The predicted octanol–water partition coefficient (Wildman–Crippen LogP) is 2.45. The molecule has 1 aromatic rings. The maximum absolute atomic E-state index is 13.1. The Balaban J connectivity index is 2.25. The van der Waals surface area contributed by atoms with Crippen LogP contribution >= 0.6 is 0 Å². The molecule has 1 aliphatic heterocycles. The third-order valence-electron chi connectivity index (χ3n) is 3.86. The zero-order valence-corrected chi connectivity index (χ0v) is 11.8. The Labute approximate surface area is 121 Å². The molecule has 1 aromatic carbocycles. The second-order valence-corrected chi connectivity index (χ2v) is 5.33. The van der Waals surface area contributed by atoms with Crippen LogP contribution in [-0.2, 0) is 4.79 Å². The maximum atomic E-state index is 13.1. The van der Waals surface area contributed by atoms with Crippen molar-refractivity contribution in [3.8, 4) is 0 Å². The van der Waals surface area contributed by atoms with Crippen LogP contribution in [0.1, 0.15) is 26.2 Å². The van der Waals surface area contributed by atoms with E-state index in [-0.39, 0.29) is 11.6 Å². The van der Waals surface area contributed by atoms with Crippen LogP contribution in [0, 0.1) is 21.3 Å². The summed E-state index contributed by atoms with van der Waals surface area (Å²) >= 11 is 0. The Morgan fingerprint density at radius 1 is 1.57 bits per heavy atom. The normalized spacial score (nSPS) is 21.2. The minimum Gasteiger partial charge on any atom is -0.320 e. The van der Waals surface area contributed by atoms with Crippen LogP contribution < -0.4 is 10.6 Å². The first-order valence-electron chi connectivity index (χ1n) is 6.94. The maximum Gasteiger partial charge on any atom is 0.295 e. The highest BCUT2D eigenvalue weighted by molar-refractivity contribution is 5.97. The minimum absolute atomic E-state index is 0.0359. The van der Waals surface area contributed by atoms with E-state index in [1.807, 2.05) is 6.92 Å². The average Bonchev–Trinajstić information content (AvgIpc) is 2.91. The van der Waals surface area contributed by atoms with Crippen molar-refractivity contribution >= 4 is 17.3 Å². The fourth-order valence-corrected chi connectivity index (χ4v) is 2.76. The highest BCUT2D eigenvalue weighted by atomic mass is 19.1. The predicted molar refractivity (Wildman–Crippen MR) is 76.5 cm³/mol. The zero-order chi connectivity index (χ0) is 15.5. The van der Waals surface area contributed by atoms with E-state index in [1.165, 1.54) is 6.07 Å². The molecule has 1 heterocycles. The molecule has 1 atom stereocenters. The molecule has 1 saturated heterocycles. The molecule has 0 aliphatic carbocycles. The summed E-state index contributed by atoms with van der Waals surface area (Å²) in [6.45, 7) is 3.30. The van der Waals surface area contributed by atoms with Gasteiger partial charge in [-0.3, -0.25) is 14.9 Å². The van der Waals surface area contributed by atoms with Gasteiger partial charge in [-0.25, -0.2) is 4.39 Å². The van der Waals surface area contributed by atoms with Gasteiger partial charge in [-0.15, -0.1) is 0 Å². The summed E-state index contributed by atoms with van der Waals surface area (Å²) in [7, 11) is 0. The third kappa shape index (κ3) is 3.18. The van der Waals surface area contributed by atoms with E-state index in [9.17, 15) is 19.3 Å². The number of carbonyl (C=O) groups is 1. The van der Waals surface area contributed by atoms with Crippen LogP contribution in [0.2, 0.25) is 0 Å². The van der Waals surface area contributed by atoms with E-state index in [0.717, 1.165) is 25.1 Å². The molecule has 7 heteroatoms. The van der Waals surface area contributed by atoms with Crippen LogP contribution in [0.15, 0.2) is 18.2 Å². The molecule has 1 unspecified atom stereocenters. The molecule has 6 nitrogen and oxygen atoms in total. The molecule has 0 aromatic heterocycles. The highest BCUT2D eigenvalue weighted by Crippen LogP contribution is 2.34. The number of anilines is 1. The molecular weight excluding hydrogens is 277 g/mol. The van der Waals surface area contributed by atoms with Gasteiger partial charge in [0.05, 0.1) is 16.4 Å². The molecule has 1 amide bonds. The van der Waals surface area contributed by atoms with Crippen molar-refractivity contribution in [1.29, 1.82) is 0 Å². The monoisotopic (exact) mass is 295 g/mol. The number of carbonyl (C=O) groups excluding carboxylic acids is 1. The van der Waals surface area contributed by atoms with E-state index >= 15 is 0 Å². The summed E-state index contributed by atoms with van der Waals surface area (Å²) in [4.78, 5) is 22.8. The summed E-state index contributed by atoms with van der Waals surface area (Å²) < 4.78 is 13.1. The standard InChI is InChI=1S/C14H18FN3O3/c1-2-5-14(6-7-16-9-14)13(19)17-11-4-3-10(15)8-12(11)18(20)21/h3-4,8,16H,2,5-7,9H2,1H3,(H,17,19). The van der Waals surface area contributed by atoms with Crippen molar-refractivity contribution < 1.29 is 14.1 Å². The summed E-state index contributed by atoms with van der Waals surface area (Å²) in [5.74, 6) is -0.949. The Bertz CT molecular complexity index is 556. The van der Waals surface area contributed by atoms with Gasteiger partial charge in [0.2, 0.25) is 5.91 Å². The molecule has 114 valence electrons. The fourth-order valence-electron chi connectivity index (χ4n) is 2.76. The molecule has 1 fully saturated rings. The number of hydrogen-bond donors (Lipinski definition) is 2. The van der Waals surface area contributed by atoms with Crippen molar-refractivity contribution in [2.75, 3.05) is 18.4 Å².